The number of carbonyl (C=O) groups excluding carboxylic acids is 2. The summed E-state index contributed by atoms with van der Waals surface area (Å²) in [6.07, 6.45) is -0.186. The molecule has 0 aromatic heterocycles. The highest BCUT2D eigenvalue weighted by Gasteiger charge is 2.35. The minimum Gasteiger partial charge on any atom is -0.352 e. The number of anilines is 1. The van der Waals surface area contributed by atoms with Crippen LogP contribution in [0.2, 0.25) is 0 Å². The van der Waals surface area contributed by atoms with Crippen LogP contribution in [0.3, 0.4) is 0 Å². The molecule has 230 valence electrons. The van der Waals surface area contributed by atoms with E-state index >= 15 is 0 Å². The summed E-state index contributed by atoms with van der Waals surface area (Å²) in [5.74, 6) is -1.78. The van der Waals surface area contributed by atoms with Gasteiger partial charge in [-0.3, -0.25) is 13.9 Å². The number of halogens is 4. The van der Waals surface area contributed by atoms with Crippen molar-refractivity contribution < 1.29 is 35.6 Å². The lowest BCUT2D eigenvalue weighted by atomic mass is 9.95. The second-order valence-corrected chi connectivity index (χ2v) is 12.4. The summed E-state index contributed by atoms with van der Waals surface area (Å²) in [6.45, 7) is 0.445. The fourth-order valence-corrected chi connectivity index (χ4v) is 6.45. The van der Waals surface area contributed by atoms with Crippen LogP contribution in [0, 0.1) is 5.82 Å². The first-order chi connectivity index (χ1) is 20.4. The second-order valence-electron chi connectivity index (χ2n) is 10.5. The van der Waals surface area contributed by atoms with Gasteiger partial charge >= 0.3 is 6.18 Å². The van der Waals surface area contributed by atoms with E-state index in [-0.39, 0.29) is 23.2 Å². The van der Waals surface area contributed by atoms with Crippen LogP contribution in [-0.4, -0.2) is 43.8 Å². The fraction of sp³-hybridized carbons (Fsp3) is 0.355. The molecule has 1 N–H and O–H groups in total. The number of nitrogens with one attached hydrogen (secondary N) is 1. The van der Waals surface area contributed by atoms with Gasteiger partial charge in [0.2, 0.25) is 11.8 Å². The lowest BCUT2D eigenvalue weighted by molar-refractivity contribution is -0.139. The van der Waals surface area contributed by atoms with E-state index < -0.39 is 52.0 Å². The van der Waals surface area contributed by atoms with Crippen LogP contribution >= 0.6 is 0 Å². The van der Waals surface area contributed by atoms with E-state index in [1.807, 2.05) is 0 Å². The summed E-state index contributed by atoms with van der Waals surface area (Å²) < 4.78 is 82.5. The van der Waals surface area contributed by atoms with Gasteiger partial charge in [-0.1, -0.05) is 55.7 Å². The van der Waals surface area contributed by atoms with Gasteiger partial charge < -0.3 is 10.2 Å². The van der Waals surface area contributed by atoms with E-state index in [9.17, 15) is 35.6 Å². The van der Waals surface area contributed by atoms with Crippen LogP contribution in [0.1, 0.15) is 50.2 Å². The summed E-state index contributed by atoms with van der Waals surface area (Å²) in [5, 5.41) is 2.96. The van der Waals surface area contributed by atoms with E-state index in [2.05, 4.69) is 5.32 Å². The Bertz CT molecular complexity index is 1510. The normalized spacial score (nSPS) is 15.0. The molecular weight excluding hydrogens is 586 g/mol. The van der Waals surface area contributed by atoms with Crippen molar-refractivity contribution in [1.29, 1.82) is 0 Å². The molecule has 1 saturated carbocycles. The van der Waals surface area contributed by atoms with Gasteiger partial charge in [-0.2, -0.15) is 13.2 Å². The first kappa shape index (κ1) is 32.0. The van der Waals surface area contributed by atoms with Crippen molar-refractivity contribution in [2.24, 2.45) is 0 Å². The standard InChI is InChI=1S/C31H33F4N3O4S/c1-22(30(40)36-26-10-4-2-5-11-26)37(20-23-15-17-25(32)18-16-23)29(39)21-38(43(41,42)28-13-6-3-7-14-28)27-12-8-9-24(19-27)31(33,34)35/h3,6-9,12-19,22,26H,2,4-5,10-11,20-21H2,1H3,(H,36,40). The molecule has 0 spiro atoms. The predicted octanol–water partition coefficient (Wildman–Crippen LogP) is 5.91. The third kappa shape index (κ3) is 8.13. The molecule has 1 unspecified atom stereocenters. The number of amides is 2. The highest BCUT2D eigenvalue weighted by Crippen LogP contribution is 2.33. The molecule has 3 aromatic rings. The minimum absolute atomic E-state index is 0.0634. The second kappa shape index (κ2) is 13.6. The molecule has 0 bridgehead atoms. The Labute approximate surface area is 248 Å². The highest BCUT2D eigenvalue weighted by molar-refractivity contribution is 7.92. The molecule has 0 heterocycles. The molecule has 2 amide bonds. The van der Waals surface area contributed by atoms with E-state index in [1.54, 1.807) is 6.07 Å². The molecule has 4 rings (SSSR count). The predicted molar refractivity (Wildman–Crippen MR) is 154 cm³/mol. The van der Waals surface area contributed by atoms with Gasteiger partial charge in [0.05, 0.1) is 16.1 Å². The summed E-state index contributed by atoms with van der Waals surface area (Å²) in [6, 6.07) is 14.9. The SMILES string of the molecule is CC(C(=O)NC1CCCCC1)N(Cc1ccc(F)cc1)C(=O)CN(c1cccc(C(F)(F)F)c1)S(=O)(=O)c1ccccc1. The maximum atomic E-state index is 13.9. The summed E-state index contributed by atoms with van der Waals surface area (Å²) in [4.78, 5) is 28.2. The average molecular weight is 620 g/mol. The zero-order valence-electron chi connectivity index (χ0n) is 23.6. The van der Waals surface area contributed by atoms with Crippen molar-refractivity contribution in [1.82, 2.24) is 10.2 Å². The molecule has 0 saturated heterocycles. The Balaban J connectivity index is 1.71. The third-order valence-electron chi connectivity index (χ3n) is 7.46. The quantitative estimate of drug-likeness (QED) is 0.286. The van der Waals surface area contributed by atoms with Gasteiger partial charge in [0.25, 0.3) is 10.0 Å². The molecule has 43 heavy (non-hydrogen) atoms. The molecule has 12 heteroatoms. The molecule has 0 radical (unpaired) electrons. The maximum Gasteiger partial charge on any atom is 0.416 e. The number of sulfonamides is 1. The Hall–Kier alpha value is -3.93. The van der Waals surface area contributed by atoms with Crippen LogP contribution in [0.25, 0.3) is 0 Å². The largest absolute Gasteiger partial charge is 0.416 e. The van der Waals surface area contributed by atoms with Crippen LogP contribution in [-0.2, 0) is 32.3 Å². The fourth-order valence-electron chi connectivity index (χ4n) is 5.02. The molecule has 0 aliphatic heterocycles. The monoisotopic (exact) mass is 619 g/mol. The first-order valence-electron chi connectivity index (χ1n) is 14.0. The lowest BCUT2D eigenvalue weighted by Crippen LogP contribution is -2.53. The highest BCUT2D eigenvalue weighted by atomic mass is 32.2. The van der Waals surface area contributed by atoms with Gasteiger partial charge in [0, 0.05) is 12.6 Å². The van der Waals surface area contributed by atoms with Crippen molar-refractivity contribution >= 4 is 27.5 Å². The van der Waals surface area contributed by atoms with Gasteiger partial charge in [0.15, 0.2) is 0 Å². The minimum atomic E-state index is -4.76. The summed E-state index contributed by atoms with van der Waals surface area (Å²) >= 11 is 0. The Morgan fingerprint density at radius 2 is 1.58 bits per heavy atom. The maximum absolute atomic E-state index is 13.9. The molecule has 1 aliphatic rings. The van der Waals surface area contributed by atoms with E-state index in [4.69, 9.17) is 0 Å². The van der Waals surface area contributed by atoms with E-state index in [1.165, 1.54) is 61.5 Å². The van der Waals surface area contributed by atoms with Crippen molar-refractivity contribution in [3.63, 3.8) is 0 Å². The number of carbonyl (C=O) groups is 2. The summed E-state index contributed by atoms with van der Waals surface area (Å²) in [5.41, 5.74) is -0.981. The van der Waals surface area contributed by atoms with E-state index in [0.717, 1.165) is 49.1 Å². The van der Waals surface area contributed by atoms with Crippen molar-refractivity contribution in [3.8, 4) is 0 Å². The Morgan fingerprint density at radius 3 is 2.21 bits per heavy atom. The van der Waals surface area contributed by atoms with Crippen LogP contribution < -0.4 is 9.62 Å². The zero-order chi connectivity index (χ0) is 31.2. The summed E-state index contributed by atoms with van der Waals surface area (Å²) in [7, 11) is -4.52. The van der Waals surface area contributed by atoms with Crippen molar-refractivity contribution in [2.75, 3.05) is 10.8 Å². The average Bonchev–Trinajstić information content (AvgIpc) is 2.99. The van der Waals surface area contributed by atoms with Crippen molar-refractivity contribution in [2.45, 2.75) is 68.7 Å². The topological polar surface area (TPSA) is 86.8 Å². The molecule has 3 aromatic carbocycles. The number of alkyl halides is 3. The first-order valence-corrected chi connectivity index (χ1v) is 15.4. The molecule has 7 nitrogen and oxygen atoms in total. The van der Waals surface area contributed by atoms with Crippen LogP contribution in [0.5, 0.6) is 0 Å². The zero-order valence-corrected chi connectivity index (χ0v) is 24.4. The van der Waals surface area contributed by atoms with Gasteiger partial charge in [-0.25, -0.2) is 12.8 Å². The number of hydrogen-bond acceptors (Lipinski definition) is 4. The molecule has 1 atom stereocenters. The lowest BCUT2D eigenvalue weighted by Gasteiger charge is -2.33. The Kier molecular flexibility index (Phi) is 10.1. The number of benzene rings is 3. The van der Waals surface area contributed by atoms with Crippen LogP contribution in [0.15, 0.2) is 83.8 Å². The molecular formula is C31H33F4N3O4S. The molecule has 1 aliphatic carbocycles. The number of nitrogens with zero attached hydrogens (tertiary/aromatic N) is 2. The van der Waals surface area contributed by atoms with E-state index in [0.29, 0.717) is 15.9 Å². The van der Waals surface area contributed by atoms with Gasteiger partial charge in [0.1, 0.15) is 18.4 Å². The van der Waals surface area contributed by atoms with Crippen molar-refractivity contribution in [3.05, 3.63) is 95.8 Å². The van der Waals surface area contributed by atoms with Gasteiger partial charge in [-0.15, -0.1) is 0 Å². The molecule has 1 fully saturated rings. The number of rotatable bonds is 10. The third-order valence-corrected chi connectivity index (χ3v) is 9.24. The Morgan fingerprint density at radius 1 is 0.930 bits per heavy atom. The smallest absolute Gasteiger partial charge is 0.352 e. The van der Waals surface area contributed by atoms with Crippen LogP contribution in [0.4, 0.5) is 23.2 Å². The number of hydrogen-bond donors (Lipinski definition) is 1. The van der Waals surface area contributed by atoms with Gasteiger partial charge in [-0.05, 0) is 67.8 Å².